The molecule has 1 rings (SSSR count). The molecule has 4 nitrogen and oxygen atoms in total. The third-order valence-electron chi connectivity index (χ3n) is 2.18. The van der Waals surface area contributed by atoms with Crippen LogP contribution in [-0.2, 0) is 19.1 Å². The monoisotopic (exact) mass is 274 g/mol. The highest BCUT2D eigenvalue weighted by molar-refractivity contribution is 6.17. The molecule has 0 atom stereocenters. The molecule has 0 N–H and O–H groups in total. The first-order valence-corrected chi connectivity index (χ1v) is 4.94. The predicted molar refractivity (Wildman–Crippen MR) is 58.3 cm³/mol. The molecule has 0 spiro atoms. The zero-order valence-electron chi connectivity index (χ0n) is 10.00. The van der Waals surface area contributed by atoms with E-state index in [1.165, 1.54) is 0 Å². The SMILES string of the molecule is COC(=O)C(=Cc1c(F)ccc(F)c1F)C(=O)OC. The quantitative estimate of drug-likeness (QED) is 0.277. The van der Waals surface area contributed by atoms with Crippen LogP contribution in [0.4, 0.5) is 13.2 Å². The molecule has 102 valence electrons. The maximum Gasteiger partial charge on any atom is 0.345 e. The van der Waals surface area contributed by atoms with Crippen molar-refractivity contribution in [1.82, 2.24) is 0 Å². The number of ether oxygens (including phenoxy) is 2. The number of hydrogen-bond acceptors (Lipinski definition) is 4. The largest absolute Gasteiger partial charge is 0.465 e. The lowest BCUT2D eigenvalue weighted by Gasteiger charge is -2.05. The molecule has 19 heavy (non-hydrogen) atoms. The van der Waals surface area contributed by atoms with E-state index in [9.17, 15) is 22.8 Å². The number of carbonyl (C=O) groups excluding carboxylic acids is 2. The van der Waals surface area contributed by atoms with Gasteiger partial charge in [0.15, 0.2) is 11.6 Å². The van der Waals surface area contributed by atoms with Crippen LogP contribution in [-0.4, -0.2) is 26.2 Å². The van der Waals surface area contributed by atoms with Crippen LogP contribution in [0.5, 0.6) is 0 Å². The average molecular weight is 274 g/mol. The summed E-state index contributed by atoms with van der Waals surface area (Å²) in [6.07, 6.45) is 0.533. The number of benzene rings is 1. The van der Waals surface area contributed by atoms with E-state index < -0.39 is 40.5 Å². The van der Waals surface area contributed by atoms with Gasteiger partial charge in [0, 0.05) is 0 Å². The molecular formula is C12H9F3O4. The second-order valence-corrected chi connectivity index (χ2v) is 3.30. The summed E-state index contributed by atoms with van der Waals surface area (Å²) >= 11 is 0. The van der Waals surface area contributed by atoms with Gasteiger partial charge in [0.1, 0.15) is 11.4 Å². The Hall–Kier alpha value is -2.31. The fourth-order valence-electron chi connectivity index (χ4n) is 1.24. The maximum absolute atomic E-state index is 13.4. The Morgan fingerprint density at radius 2 is 1.47 bits per heavy atom. The third-order valence-corrected chi connectivity index (χ3v) is 2.18. The van der Waals surface area contributed by atoms with Crippen LogP contribution in [0, 0.1) is 17.5 Å². The van der Waals surface area contributed by atoms with Gasteiger partial charge in [0.2, 0.25) is 0 Å². The van der Waals surface area contributed by atoms with Crippen molar-refractivity contribution < 1.29 is 32.2 Å². The van der Waals surface area contributed by atoms with Crippen LogP contribution in [0.15, 0.2) is 17.7 Å². The van der Waals surface area contributed by atoms with Crippen LogP contribution in [0.25, 0.3) is 6.08 Å². The Labute approximate surface area is 106 Å². The van der Waals surface area contributed by atoms with Crippen molar-refractivity contribution in [2.24, 2.45) is 0 Å². The van der Waals surface area contributed by atoms with Crippen molar-refractivity contribution in [3.05, 3.63) is 40.7 Å². The van der Waals surface area contributed by atoms with Crippen molar-refractivity contribution in [3.63, 3.8) is 0 Å². The second-order valence-electron chi connectivity index (χ2n) is 3.30. The predicted octanol–water partition coefficient (Wildman–Crippen LogP) is 1.83. The summed E-state index contributed by atoms with van der Waals surface area (Å²) in [6.45, 7) is 0. The van der Waals surface area contributed by atoms with Gasteiger partial charge >= 0.3 is 11.9 Å². The van der Waals surface area contributed by atoms with Crippen LogP contribution in [0.3, 0.4) is 0 Å². The first kappa shape index (κ1) is 14.7. The Kier molecular flexibility index (Phi) is 4.68. The highest BCUT2D eigenvalue weighted by atomic mass is 19.2. The zero-order chi connectivity index (χ0) is 14.6. The van der Waals surface area contributed by atoms with E-state index in [4.69, 9.17) is 0 Å². The molecule has 0 heterocycles. The van der Waals surface area contributed by atoms with E-state index in [1.807, 2.05) is 0 Å². The Balaban J connectivity index is 3.42. The lowest BCUT2D eigenvalue weighted by Crippen LogP contribution is -2.16. The fourth-order valence-corrected chi connectivity index (χ4v) is 1.24. The van der Waals surface area contributed by atoms with E-state index in [0.717, 1.165) is 14.2 Å². The number of rotatable bonds is 3. The lowest BCUT2D eigenvalue weighted by molar-refractivity contribution is -0.143. The lowest BCUT2D eigenvalue weighted by atomic mass is 10.1. The topological polar surface area (TPSA) is 52.6 Å². The van der Waals surface area contributed by atoms with Gasteiger partial charge in [-0.25, -0.2) is 22.8 Å². The summed E-state index contributed by atoms with van der Waals surface area (Å²) in [6, 6.07) is 1.24. The molecule has 0 aliphatic heterocycles. The number of carbonyl (C=O) groups is 2. The molecular weight excluding hydrogens is 265 g/mol. The molecule has 0 aliphatic rings. The summed E-state index contributed by atoms with van der Waals surface area (Å²) in [5.74, 6) is -6.29. The molecule has 0 aromatic heterocycles. The molecule has 0 unspecified atom stereocenters. The highest BCUT2D eigenvalue weighted by Gasteiger charge is 2.22. The molecule has 0 radical (unpaired) electrons. The minimum Gasteiger partial charge on any atom is -0.465 e. The number of hydrogen-bond donors (Lipinski definition) is 0. The first-order valence-electron chi connectivity index (χ1n) is 4.94. The third kappa shape index (κ3) is 3.12. The van der Waals surface area contributed by atoms with E-state index in [2.05, 4.69) is 9.47 Å². The minimum atomic E-state index is -1.52. The van der Waals surface area contributed by atoms with Crippen molar-refractivity contribution in [2.75, 3.05) is 14.2 Å². The minimum absolute atomic E-state index is 0.533. The van der Waals surface area contributed by atoms with Gasteiger partial charge in [-0.1, -0.05) is 0 Å². The normalized spacial score (nSPS) is 9.74. The van der Waals surface area contributed by atoms with Gasteiger partial charge in [0.25, 0.3) is 0 Å². The van der Waals surface area contributed by atoms with Gasteiger partial charge in [0.05, 0.1) is 19.8 Å². The molecule has 1 aromatic rings. The molecule has 1 aromatic carbocycles. The summed E-state index contributed by atoms with van der Waals surface area (Å²) in [4.78, 5) is 22.6. The molecule has 7 heteroatoms. The van der Waals surface area contributed by atoms with Crippen molar-refractivity contribution >= 4 is 18.0 Å². The molecule has 0 bridgehead atoms. The van der Waals surface area contributed by atoms with E-state index >= 15 is 0 Å². The average Bonchev–Trinajstić information content (AvgIpc) is 2.41. The molecule has 0 saturated carbocycles. The molecule has 0 amide bonds. The number of methoxy groups -OCH3 is 2. The van der Waals surface area contributed by atoms with E-state index in [1.54, 1.807) is 0 Å². The Morgan fingerprint density at radius 3 is 1.95 bits per heavy atom. The first-order chi connectivity index (χ1) is 8.92. The van der Waals surface area contributed by atoms with Crippen molar-refractivity contribution in [3.8, 4) is 0 Å². The van der Waals surface area contributed by atoms with Gasteiger partial charge in [-0.05, 0) is 18.2 Å². The summed E-state index contributed by atoms with van der Waals surface area (Å²) in [5, 5.41) is 0. The van der Waals surface area contributed by atoms with Crippen LogP contribution >= 0.6 is 0 Å². The fraction of sp³-hybridized carbons (Fsp3) is 0.167. The van der Waals surface area contributed by atoms with Gasteiger partial charge in [-0.3, -0.25) is 0 Å². The smallest absolute Gasteiger partial charge is 0.345 e. The highest BCUT2D eigenvalue weighted by Crippen LogP contribution is 2.19. The van der Waals surface area contributed by atoms with E-state index in [-0.39, 0.29) is 0 Å². The van der Waals surface area contributed by atoms with Crippen LogP contribution in [0.1, 0.15) is 5.56 Å². The number of esters is 2. The molecule has 0 fully saturated rings. The second kappa shape index (κ2) is 6.03. The van der Waals surface area contributed by atoms with Crippen molar-refractivity contribution in [2.45, 2.75) is 0 Å². The summed E-state index contributed by atoms with van der Waals surface area (Å²) < 4.78 is 48.3. The number of halogens is 3. The Morgan fingerprint density at radius 1 is 1.00 bits per heavy atom. The van der Waals surface area contributed by atoms with Crippen LogP contribution in [0.2, 0.25) is 0 Å². The van der Waals surface area contributed by atoms with Gasteiger partial charge < -0.3 is 9.47 Å². The molecule has 0 saturated heterocycles. The summed E-state index contributed by atoms with van der Waals surface area (Å²) in [5.41, 5.74) is -1.63. The summed E-state index contributed by atoms with van der Waals surface area (Å²) in [7, 11) is 1.94. The maximum atomic E-state index is 13.4. The van der Waals surface area contributed by atoms with Gasteiger partial charge in [-0.2, -0.15) is 0 Å². The van der Waals surface area contributed by atoms with Crippen LogP contribution < -0.4 is 0 Å². The van der Waals surface area contributed by atoms with E-state index in [0.29, 0.717) is 18.2 Å². The molecule has 0 aliphatic carbocycles. The Bertz CT molecular complexity index is 534. The zero-order valence-corrected chi connectivity index (χ0v) is 10.00. The standard InChI is InChI=1S/C12H9F3O4/c1-18-11(16)7(12(17)19-2)5-6-8(13)3-4-9(14)10(6)15/h3-5H,1-2H3. The van der Waals surface area contributed by atoms with Crippen molar-refractivity contribution in [1.29, 1.82) is 0 Å². The van der Waals surface area contributed by atoms with Gasteiger partial charge in [-0.15, -0.1) is 0 Å².